The molecule has 1 N–H and O–H groups in total. The Balaban J connectivity index is 2.00. The minimum absolute atomic E-state index is 0.270. The summed E-state index contributed by atoms with van der Waals surface area (Å²) in [6.45, 7) is 1.62. The highest BCUT2D eigenvalue weighted by molar-refractivity contribution is 6.31. The fraction of sp³-hybridized carbons (Fsp3) is 0.263. The van der Waals surface area contributed by atoms with Crippen LogP contribution in [0.3, 0.4) is 0 Å². The number of hydrogen-bond donors (Lipinski definition) is 1. The van der Waals surface area contributed by atoms with Gasteiger partial charge in [-0.25, -0.2) is 0 Å². The van der Waals surface area contributed by atoms with Crippen molar-refractivity contribution in [2.75, 3.05) is 12.0 Å². The van der Waals surface area contributed by atoms with Gasteiger partial charge in [0.15, 0.2) is 5.60 Å². The van der Waals surface area contributed by atoms with E-state index in [1.54, 1.807) is 37.4 Å². The van der Waals surface area contributed by atoms with Gasteiger partial charge in [0, 0.05) is 17.0 Å². The Labute approximate surface area is 150 Å². The number of benzene rings is 2. The van der Waals surface area contributed by atoms with Gasteiger partial charge in [0.2, 0.25) is 0 Å². The number of carbonyl (C=O) groups excluding carboxylic acids is 2. The molecule has 0 spiro atoms. The van der Waals surface area contributed by atoms with Crippen molar-refractivity contribution in [2.24, 2.45) is 0 Å². The minimum atomic E-state index is -1.88. The van der Waals surface area contributed by atoms with Crippen molar-refractivity contribution >= 4 is 29.0 Å². The molecule has 0 aromatic heterocycles. The summed E-state index contributed by atoms with van der Waals surface area (Å²) < 4.78 is 5.13. The number of fused-ring (bicyclic) bond motifs is 1. The van der Waals surface area contributed by atoms with Gasteiger partial charge in [0.1, 0.15) is 11.5 Å². The second kappa shape index (κ2) is 6.50. The second-order valence-corrected chi connectivity index (χ2v) is 6.58. The zero-order chi connectivity index (χ0) is 18.2. The lowest BCUT2D eigenvalue weighted by molar-refractivity contribution is -0.141. The molecule has 0 bridgehead atoms. The lowest BCUT2D eigenvalue weighted by Gasteiger charge is -2.22. The van der Waals surface area contributed by atoms with Gasteiger partial charge in [-0.3, -0.25) is 9.59 Å². The molecule has 25 heavy (non-hydrogen) atoms. The van der Waals surface area contributed by atoms with E-state index in [0.717, 1.165) is 11.3 Å². The molecule has 1 amide bonds. The number of ketones is 1. The van der Waals surface area contributed by atoms with Crippen LogP contribution in [-0.2, 0) is 21.7 Å². The van der Waals surface area contributed by atoms with Gasteiger partial charge in [0.25, 0.3) is 5.91 Å². The van der Waals surface area contributed by atoms with Crippen LogP contribution in [0.25, 0.3) is 0 Å². The molecule has 0 fully saturated rings. The molecule has 2 aromatic carbocycles. The number of nitrogens with zero attached hydrogens (tertiary/aromatic N) is 1. The molecule has 1 atom stereocenters. The Hall–Kier alpha value is -2.37. The van der Waals surface area contributed by atoms with Crippen LogP contribution < -0.4 is 9.64 Å². The van der Waals surface area contributed by atoms with Crippen molar-refractivity contribution in [3.63, 3.8) is 0 Å². The van der Waals surface area contributed by atoms with Gasteiger partial charge in [-0.05, 0) is 42.8 Å². The maximum Gasteiger partial charge on any atom is 0.264 e. The average Bonchev–Trinajstić information content (AvgIpc) is 2.77. The Kier molecular flexibility index (Phi) is 4.54. The summed E-state index contributed by atoms with van der Waals surface area (Å²) in [5, 5.41) is 11.3. The third-order valence-corrected chi connectivity index (χ3v) is 4.53. The molecular weight excluding hydrogens is 342 g/mol. The Morgan fingerprint density at radius 2 is 1.92 bits per heavy atom. The molecule has 3 rings (SSSR count). The summed E-state index contributed by atoms with van der Waals surface area (Å²) in [5.41, 5.74) is -0.0664. The number of amides is 1. The van der Waals surface area contributed by atoms with Gasteiger partial charge >= 0.3 is 0 Å². The SMILES string of the molecule is COc1ccc(CN2C(=O)C(O)(CC(C)=O)c3cc(Cl)ccc32)cc1. The molecule has 0 saturated carbocycles. The van der Waals surface area contributed by atoms with Crippen LogP contribution in [0.15, 0.2) is 42.5 Å². The molecule has 5 nitrogen and oxygen atoms in total. The molecule has 0 saturated heterocycles. The number of hydrogen-bond acceptors (Lipinski definition) is 4. The van der Waals surface area contributed by atoms with Crippen molar-refractivity contribution in [3.05, 3.63) is 58.6 Å². The lowest BCUT2D eigenvalue weighted by Crippen LogP contribution is -2.41. The second-order valence-electron chi connectivity index (χ2n) is 6.14. The monoisotopic (exact) mass is 359 g/mol. The number of anilines is 1. The topological polar surface area (TPSA) is 66.8 Å². The number of rotatable bonds is 5. The van der Waals surface area contributed by atoms with E-state index in [2.05, 4.69) is 0 Å². The fourth-order valence-corrected chi connectivity index (χ4v) is 3.30. The first kappa shape index (κ1) is 17.5. The van der Waals surface area contributed by atoms with Gasteiger partial charge < -0.3 is 14.7 Å². The predicted molar refractivity (Wildman–Crippen MR) is 94.8 cm³/mol. The maximum atomic E-state index is 12.9. The Morgan fingerprint density at radius 1 is 1.24 bits per heavy atom. The van der Waals surface area contributed by atoms with Crippen LogP contribution in [0.1, 0.15) is 24.5 Å². The third kappa shape index (κ3) is 3.13. The van der Waals surface area contributed by atoms with E-state index in [1.807, 2.05) is 12.1 Å². The van der Waals surface area contributed by atoms with Crippen LogP contribution in [0, 0.1) is 0 Å². The van der Waals surface area contributed by atoms with Gasteiger partial charge in [-0.15, -0.1) is 0 Å². The molecule has 1 aliphatic heterocycles. The van der Waals surface area contributed by atoms with Crippen LogP contribution in [-0.4, -0.2) is 23.9 Å². The summed E-state index contributed by atoms with van der Waals surface area (Å²) in [5.74, 6) is -0.0689. The number of methoxy groups -OCH3 is 1. The van der Waals surface area contributed by atoms with Gasteiger partial charge in [0.05, 0.1) is 19.3 Å². The average molecular weight is 360 g/mol. The zero-order valence-electron chi connectivity index (χ0n) is 14.0. The molecule has 1 aliphatic rings. The van der Waals surface area contributed by atoms with Crippen LogP contribution in [0.2, 0.25) is 5.02 Å². The molecule has 6 heteroatoms. The van der Waals surface area contributed by atoms with E-state index in [-0.39, 0.29) is 18.7 Å². The van der Waals surface area contributed by atoms with Crippen LogP contribution >= 0.6 is 11.6 Å². The quantitative estimate of drug-likeness (QED) is 0.891. The van der Waals surface area contributed by atoms with Crippen molar-refractivity contribution in [1.82, 2.24) is 0 Å². The highest BCUT2D eigenvalue weighted by Gasteiger charge is 2.50. The van der Waals surface area contributed by atoms with Crippen molar-refractivity contribution in [1.29, 1.82) is 0 Å². The van der Waals surface area contributed by atoms with Crippen LogP contribution in [0.4, 0.5) is 5.69 Å². The zero-order valence-corrected chi connectivity index (χ0v) is 14.7. The largest absolute Gasteiger partial charge is 0.497 e. The Morgan fingerprint density at radius 3 is 2.52 bits per heavy atom. The number of carbonyl (C=O) groups is 2. The first-order chi connectivity index (χ1) is 11.8. The third-order valence-electron chi connectivity index (χ3n) is 4.30. The van der Waals surface area contributed by atoms with Crippen LogP contribution in [0.5, 0.6) is 5.75 Å². The fourth-order valence-electron chi connectivity index (χ4n) is 3.12. The first-order valence-corrected chi connectivity index (χ1v) is 8.19. The summed E-state index contributed by atoms with van der Waals surface area (Å²) in [6.07, 6.45) is -0.279. The highest BCUT2D eigenvalue weighted by Crippen LogP contribution is 2.44. The van der Waals surface area contributed by atoms with E-state index in [0.29, 0.717) is 16.3 Å². The number of halogens is 1. The maximum absolute atomic E-state index is 12.9. The molecule has 1 unspecified atom stereocenters. The summed E-state index contributed by atoms with van der Waals surface area (Å²) >= 11 is 6.04. The summed E-state index contributed by atoms with van der Waals surface area (Å²) in [6, 6.07) is 12.2. The minimum Gasteiger partial charge on any atom is -0.497 e. The Bertz CT molecular complexity index is 834. The van der Waals surface area contributed by atoms with Crippen molar-refractivity contribution < 1.29 is 19.4 Å². The van der Waals surface area contributed by atoms with Gasteiger partial charge in [-0.2, -0.15) is 0 Å². The predicted octanol–water partition coefficient (Wildman–Crippen LogP) is 3.06. The molecule has 1 heterocycles. The van der Waals surface area contributed by atoms with E-state index < -0.39 is 11.5 Å². The standard InChI is InChI=1S/C19H18ClNO4/c1-12(22)10-19(24)16-9-14(20)5-8-17(16)21(18(19)23)11-13-3-6-15(25-2)7-4-13/h3-9,24H,10-11H2,1-2H3. The van der Waals surface area contributed by atoms with E-state index in [1.165, 1.54) is 11.8 Å². The van der Waals surface area contributed by atoms with E-state index >= 15 is 0 Å². The van der Waals surface area contributed by atoms with Crippen molar-refractivity contribution in [2.45, 2.75) is 25.5 Å². The number of Topliss-reactive ketones (excluding diaryl/α,β-unsaturated/α-hetero) is 1. The van der Waals surface area contributed by atoms with Gasteiger partial charge in [-0.1, -0.05) is 23.7 Å². The normalized spacial score (nSPS) is 19.0. The van der Waals surface area contributed by atoms with E-state index in [4.69, 9.17) is 16.3 Å². The molecular formula is C19H18ClNO4. The summed E-state index contributed by atoms with van der Waals surface area (Å²) in [7, 11) is 1.58. The number of aliphatic hydroxyl groups is 1. The van der Waals surface area contributed by atoms with E-state index in [9.17, 15) is 14.7 Å². The summed E-state index contributed by atoms with van der Waals surface area (Å²) in [4.78, 5) is 26.0. The van der Waals surface area contributed by atoms with Crippen molar-refractivity contribution in [3.8, 4) is 5.75 Å². The molecule has 0 radical (unpaired) electrons. The lowest BCUT2D eigenvalue weighted by atomic mass is 9.90. The highest BCUT2D eigenvalue weighted by atomic mass is 35.5. The first-order valence-electron chi connectivity index (χ1n) is 7.82. The molecule has 130 valence electrons. The number of ether oxygens (including phenoxy) is 1. The smallest absolute Gasteiger partial charge is 0.264 e. The molecule has 0 aliphatic carbocycles. The molecule has 2 aromatic rings.